The molecule has 3 heteroatoms. The SMILES string of the molecule is COc1cccc(C2CC2CNC(C)(C)C)n1. The van der Waals surface area contributed by atoms with E-state index >= 15 is 0 Å². The van der Waals surface area contributed by atoms with Crippen LogP contribution in [0.3, 0.4) is 0 Å². The summed E-state index contributed by atoms with van der Waals surface area (Å²) < 4.78 is 5.16. The molecule has 1 aliphatic carbocycles. The number of aromatic nitrogens is 1. The average molecular weight is 234 g/mol. The number of hydrogen-bond acceptors (Lipinski definition) is 3. The third kappa shape index (κ3) is 3.43. The molecule has 94 valence electrons. The van der Waals surface area contributed by atoms with Crippen LogP contribution in [0.15, 0.2) is 18.2 Å². The normalized spacial score (nSPS) is 23.5. The number of rotatable bonds is 4. The molecule has 1 aromatic heterocycles. The molecule has 1 saturated carbocycles. The van der Waals surface area contributed by atoms with Crippen LogP contribution in [-0.4, -0.2) is 24.2 Å². The number of ether oxygens (including phenoxy) is 1. The van der Waals surface area contributed by atoms with E-state index in [-0.39, 0.29) is 5.54 Å². The van der Waals surface area contributed by atoms with Crippen molar-refractivity contribution >= 4 is 0 Å². The molecule has 1 aromatic rings. The number of pyridine rings is 1. The Morgan fingerprint density at radius 2 is 2.18 bits per heavy atom. The maximum absolute atomic E-state index is 5.16. The van der Waals surface area contributed by atoms with Gasteiger partial charge in [0.1, 0.15) is 0 Å². The van der Waals surface area contributed by atoms with E-state index in [2.05, 4.69) is 37.1 Å². The maximum Gasteiger partial charge on any atom is 0.213 e. The third-order valence-electron chi connectivity index (χ3n) is 3.15. The second kappa shape index (κ2) is 4.65. The van der Waals surface area contributed by atoms with Crippen LogP contribution in [0.25, 0.3) is 0 Å². The number of nitrogens with zero attached hydrogens (tertiary/aromatic N) is 1. The van der Waals surface area contributed by atoms with Crippen molar-refractivity contribution in [3.63, 3.8) is 0 Å². The quantitative estimate of drug-likeness (QED) is 0.869. The van der Waals surface area contributed by atoms with Gasteiger partial charge < -0.3 is 10.1 Å². The first-order chi connectivity index (χ1) is 7.99. The summed E-state index contributed by atoms with van der Waals surface area (Å²) in [5, 5.41) is 3.55. The van der Waals surface area contributed by atoms with Crippen LogP contribution in [-0.2, 0) is 0 Å². The Morgan fingerprint density at radius 3 is 2.82 bits per heavy atom. The Kier molecular flexibility index (Phi) is 3.38. The van der Waals surface area contributed by atoms with Crippen molar-refractivity contribution in [3.8, 4) is 5.88 Å². The zero-order valence-corrected chi connectivity index (χ0v) is 11.2. The average Bonchev–Trinajstić information content (AvgIpc) is 3.05. The van der Waals surface area contributed by atoms with Gasteiger partial charge in [0.05, 0.1) is 7.11 Å². The van der Waals surface area contributed by atoms with Gasteiger partial charge in [0, 0.05) is 23.2 Å². The van der Waals surface area contributed by atoms with Gasteiger partial charge in [0.15, 0.2) is 0 Å². The van der Waals surface area contributed by atoms with E-state index in [0.29, 0.717) is 5.92 Å². The van der Waals surface area contributed by atoms with Gasteiger partial charge >= 0.3 is 0 Å². The summed E-state index contributed by atoms with van der Waals surface area (Å²) in [6.45, 7) is 7.68. The molecule has 2 unspecified atom stereocenters. The van der Waals surface area contributed by atoms with Gasteiger partial charge in [-0.2, -0.15) is 0 Å². The lowest BCUT2D eigenvalue weighted by Crippen LogP contribution is -2.37. The van der Waals surface area contributed by atoms with Gasteiger partial charge in [-0.1, -0.05) is 6.07 Å². The fourth-order valence-corrected chi connectivity index (χ4v) is 2.02. The molecule has 0 spiro atoms. The molecule has 1 fully saturated rings. The standard InChI is InChI=1S/C14H22N2O/c1-14(2,3)15-9-10-8-11(10)12-6-5-7-13(16-12)17-4/h5-7,10-11,15H,8-9H2,1-4H3. The fraction of sp³-hybridized carbons (Fsp3) is 0.643. The van der Waals surface area contributed by atoms with Crippen LogP contribution < -0.4 is 10.1 Å². The van der Waals surface area contributed by atoms with Gasteiger partial charge in [-0.25, -0.2) is 4.98 Å². The molecule has 1 heterocycles. The Bertz CT molecular complexity index is 384. The largest absolute Gasteiger partial charge is 0.481 e. The second-order valence-electron chi connectivity index (χ2n) is 5.84. The van der Waals surface area contributed by atoms with Crippen LogP contribution in [0.5, 0.6) is 5.88 Å². The minimum atomic E-state index is 0.203. The van der Waals surface area contributed by atoms with Crippen LogP contribution >= 0.6 is 0 Å². The van der Waals surface area contributed by atoms with Crippen molar-refractivity contribution in [1.82, 2.24) is 10.3 Å². The topological polar surface area (TPSA) is 34.1 Å². The number of nitrogens with one attached hydrogen (secondary N) is 1. The molecule has 2 rings (SSSR count). The second-order valence-corrected chi connectivity index (χ2v) is 5.84. The minimum Gasteiger partial charge on any atom is -0.481 e. The summed E-state index contributed by atoms with van der Waals surface area (Å²) in [6, 6.07) is 6.02. The van der Waals surface area contributed by atoms with Crippen molar-refractivity contribution in [2.45, 2.75) is 38.6 Å². The Hall–Kier alpha value is -1.09. The molecule has 0 aliphatic heterocycles. The lowest BCUT2D eigenvalue weighted by molar-refractivity contribution is 0.395. The van der Waals surface area contributed by atoms with Crippen molar-refractivity contribution in [3.05, 3.63) is 23.9 Å². The van der Waals surface area contributed by atoms with E-state index < -0.39 is 0 Å². The Balaban J connectivity index is 1.89. The lowest BCUT2D eigenvalue weighted by atomic mass is 10.1. The van der Waals surface area contributed by atoms with Gasteiger partial charge in [0.2, 0.25) is 5.88 Å². The summed E-state index contributed by atoms with van der Waals surface area (Å²) >= 11 is 0. The van der Waals surface area contributed by atoms with Gasteiger partial charge in [-0.05, 0) is 45.7 Å². The van der Waals surface area contributed by atoms with E-state index in [1.807, 2.05) is 12.1 Å². The predicted octanol–water partition coefficient (Wildman–Crippen LogP) is 2.58. The highest BCUT2D eigenvalue weighted by atomic mass is 16.5. The smallest absolute Gasteiger partial charge is 0.213 e. The highest BCUT2D eigenvalue weighted by molar-refractivity contribution is 5.23. The molecule has 1 aliphatic rings. The molecular formula is C14H22N2O. The number of hydrogen-bond donors (Lipinski definition) is 1. The molecule has 0 aromatic carbocycles. The van der Waals surface area contributed by atoms with Crippen LogP contribution in [0.4, 0.5) is 0 Å². The zero-order valence-electron chi connectivity index (χ0n) is 11.2. The molecule has 1 N–H and O–H groups in total. The molecule has 2 atom stereocenters. The Morgan fingerprint density at radius 1 is 1.41 bits per heavy atom. The minimum absolute atomic E-state index is 0.203. The first-order valence-electron chi connectivity index (χ1n) is 6.25. The summed E-state index contributed by atoms with van der Waals surface area (Å²) in [4.78, 5) is 4.50. The first kappa shape index (κ1) is 12.4. The monoisotopic (exact) mass is 234 g/mol. The summed E-state index contributed by atoms with van der Waals surface area (Å²) in [6.07, 6.45) is 1.24. The van der Waals surface area contributed by atoms with Crippen LogP contribution in [0.2, 0.25) is 0 Å². The Labute approximate surface area is 104 Å². The molecule has 0 bridgehead atoms. The van der Waals surface area contributed by atoms with Gasteiger partial charge in [-0.3, -0.25) is 0 Å². The zero-order chi connectivity index (χ0) is 12.5. The van der Waals surface area contributed by atoms with Crippen LogP contribution in [0.1, 0.15) is 38.8 Å². The van der Waals surface area contributed by atoms with Crippen molar-refractivity contribution in [2.75, 3.05) is 13.7 Å². The summed E-state index contributed by atoms with van der Waals surface area (Å²) in [5.74, 6) is 2.06. The van der Waals surface area contributed by atoms with E-state index in [0.717, 1.165) is 18.3 Å². The molecular weight excluding hydrogens is 212 g/mol. The highest BCUT2D eigenvalue weighted by Crippen LogP contribution is 2.46. The lowest BCUT2D eigenvalue weighted by Gasteiger charge is -2.20. The molecule has 0 saturated heterocycles. The van der Waals surface area contributed by atoms with Crippen LogP contribution in [0, 0.1) is 5.92 Å². The van der Waals surface area contributed by atoms with Crippen molar-refractivity contribution in [1.29, 1.82) is 0 Å². The number of methoxy groups -OCH3 is 1. The molecule has 17 heavy (non-hydrogen) atoms. The fourth-order valence-electron chi connectivity index (χ4n) is 2.02. The van der Waals surface area contributed by atoms with Gasteiger partial charge in [0.25, 0.3) is 0 Å². The molecule has 0 amide bonds. The maximum atomic E-state index is 5.16. The van der Waals surface area contributed by atoms with E-state index in [9.17, 15) is 0 Å². The first-order valence-corrected chi connectivity index (χ1v) is 6.25. The van der Waals surface area contributed by atoms with Gasteiger partial charge in [-0.15, -0.1) is 0 Å². The highest BCUT2D eigenvalue weighted by Gasteiger charge is 2.39. The molecule has 0 radical (unpaired) electrons. The van der Waals surface area contributed by atoms with E-state index in [4.69, 9.17) is 4.74 Å². The van der Waals surface area contributed by atoms with E-state index in [1.165, 1.54) is 12.1 Å². The predicted molar refractivity (Wildman–Crippen MR) is 69.4 cm³/mol. The molecule has 3 nitrogen and oxygen atoms in total. The summed E-state index contributed by atoms with van der Waals surface area (Å²) in [5.41, 5.74) is 1.37. The third-order valence-corrected chi connectivity index (χ3v) is 3.15. The van der Waals surface area contributed by atoms with Crippen molar-refractivity contribution < 1.29 is 4.74 Å². The summed E-state index contributed by atoms with van der Waals surface area (Å²) in [7, 11) is 1.66. The van der Waals surface area contributed by atoms with E-state index in [1.54, 1.807) is 7.11 Å². The van der Waals surface area contributed by atoms with Crippen molar-refractivity contribution in [2.24, 2.45) is 5.92 Å².